The molecule has 308 valence electrons. The first kappa shape index (κ1) is 41.0. The molecule has 6 heterocycles. The van der Waals surface area contributed by atoms with Gasteiger partial charge in [0.15, 0.2) is 0 Å². The molecule has 6 atom stereocenters. The van der Waals surface area contributed by atoms with E-state index in [-0.39, 0.29) is 35.9 Å². The van der Waals surface area contributed by atoms with Crippen LogP contribution in [-0.4, -0.2) is 108 Å². The summed E-state index contributed by atoms with van der Waals surface area (Å²) >= 11 is 0. The van der Waals surface area contributed by atoms with Gasteiger partial charge in [-0.2, -0.15) is 9.19 Å². The summed E-state index contributed by atoms with van der Waals surface area (Å²) in [7, 11) is -3.47. The third-order valence-corrected chi connectivity index (χ3v) is 11.5. The van der Waals surface area contributed by atoms with Gasteiger partial charge < -0.3 is 25.3 Å². The normalized spacial score (nSPS) is 26.5. The Bertz CT molecular complexity index is 2130. The minimum atomic E-state index is -3.47. The first-order valence-corrected chi connectivity index (χ1v) is 20.6. The standard InChI is InChI=1S/C22H28F2N4O5S.C17H19F2N3O/c1-22(2,3)33-21(29)25-18-8-15(12-32-20(18)16-7-14(23)5-6-17(16)24)27-9-13-10-28(34(4,30)31)26-19(13)11-27;18-11-1-2-14(19)13(5-11)17-15(20)6-12(9-23-17)22-7-10-3-4-21-16(10)8-22/h5-7,10,15,18,20H,8-9,11-12H2,1-4H3,(H,25,29);1-3,5,12,15,17H,4,6-9,20H2/t15-,18+,20-;12-,15+,17-/m11/s1. The van der Waals surface area contributed by atoms with Gasteiger partial charge in [-0.1, -0.05) is 6.08 Å². The summed E-state index contributed by atoms with van der Waals surface area (Å²) < 4.78 is 97.4. The van der Waals surface area contributed by atoms with Crippen LogP contribution < -0.4 is 11.1 Å². The van der Waals surface area contributed by atoms with E-state index in [1.165, 1.54) is 17.8 Å². The number of hydrogen-bond donors (Lipinski definition) is 2. The molecule has 5 aliphatic rings. The van der Waals surface area contributed by atoms with E-state index >= 15 is 0 Å². The van der Waals surface area contributed by atoms with E-state index in [0.717, 1.165) is 71.6 Å². The highest BCUT2D eigenvalue weighted by Gasteiger charge is 2.41. The minimum absolute atomic E-state index is 0.0219. The average molecular weight is 818 g/mol. The molecule has 57 heavy (non-hydrogen) atoms. The Kier molecular flexibility index (Phi) is 11.7. The fourth-order valence-electron chi connectivity index (χ4n) is 7.95. The van der Waals surface area contributed by atoms with Crippen molar-refractivity contribution >= 4 is 21.8 Å². The van der Waals surface area contributed by atoms with E-state index in [9.17, 15) is 30.8 Å². The Morgan fingerprint density at radius 3 is 2.11 bits per heavy atom. The largest absolute Gasteiger partial charge is 0.444 e. The monoisotopic (exact) mass is 817 g/mol. The molecule has 0 aliphatic carbocycles. The number of nitrogens with zero attached hydrogens (tertiary/aromatic N) is 5. The number of rotatable bonds is 6. The first-order valence-electron chi connectivity index (χ1n) is 18.8. The first-order chi connectivity index (χ1) is 26.9. The lowest BCUT2D eigenvalue weighted by molar-refractivity contribution is -0.0629. The number of amides is 1. The van der Waals surface area contributed by atoms with Crippen molar-refractivity contribution in [1.82, 2.24) is 24.3 Å². The van der Waals surface area contributed by atoms with Gasteiger partial charge in [-0.3, -0.25) is 14.8 Å². The zero-order chi connectivity index (χ0) is 40.8. The molecule has 0 spiro atoms. The summed E-state index contributed by atoms with van der Waals surface area (Å²) in [6.07, 6.45) is 3.63. The number of halogens is 4. The Hall–Kier alpha value is -4.20. The number of ether oxygens (including phenoxy) is 3. The summed E-state index contributed by atoms with van der Waals surface area (Å²) in [5.41, 5.74) is 9.63. The maximum Gasteiger partial charge on any atom is 0.407 e. The number of nitrogens with one attached hydrogen (secondary N) is 1. The Morgan fingerprint density at radius 2 is 1.51 bits per heavy atom. The van der Waals surface area contributed by atoms with Crippen LogP contribution in [0.25, 0.3) is 0 Å². The predicted molar refractivity (Wildman–Crippen MR) is 202 cm³/mol. The molecule has 2 aromatic carbocycles. The molecule has 5 aliphatic heterocycles. The highest BCUT2D eigenvalue weighted by Crippen LogP contribution is 2.36. The van der Waals surface area contributed by atoms with Crippen LogP contribution in [0.15, 0.2) is 59.2 Å². The van der Waals surface area contributed by atoms with Gasteiger partial charge in [0.25, 0.3) is 10.0 Å². The third kappa shape index (κ3) is 9.42. The molecule has 3 N–H and O–H groups in total. The molecular weight excluding hydrogens is 771 g/mol. The number of carbonyl (C=O) groups is 1. The Labute approximate surface area is 328 Å². The van der Waals surface area contributed by atoms with Crippen molar-refractivity contribution in [2.75, 3.05) is 39.1 Å². The van der Waals surface area contributed by atoms with Crippen molar-refractivity contribution in [3.8, 4) is 0 Å². The number of aromatic nitrogens is 2. The summed E-state index contributed by atoms with van der Waals surface area (Å²) in [6.45, 7) is 9.22. The average Bonchev–Trinajstić information content (AvgIpc) is 3.92. The Balaban J connectivity index is 0.000000187. The second-order valence-corrected chi connectivity index (χ2v) is 17.9. The van der Waals surface area contributed by atoms with Crippen molar-refractivity contribution in [3.05, 3.63) is 99.9 Å². The number of carbonyl (C=O) groups excluding carboxylic acids is 1. The quantitative estimate of drug-likeness (QED) is 0.340. The molecule has 0 unspecified atom stereocenters. The van der Waals surface area contributed by atoms with E-state index in [0.29, 0.717) is 38.2 Å². The van der Waals surface area contributed by atoms with Gasteiger partial charge in [-0.15, -0.1) is 0 Å². The van der Waals surface area contributed by atoms with Crippen molar-refractivity contribution in [1.29, 1.82) is 0 Å². The number of fused-ring (bicyclic) bond motifs is 2. The second kappa shape index (κ2) is 16.2. The van der Waals surface area contributed by atoms with Crippen LogP contribution in [0.3, 0.4) is 0 Å². The van der Waals surface area contributed by atoms with Crippen molar-refractivity contribution in [2.45, 2.75) is 88.7 Å². The lowest BCUT2D eigenvalue weighted by atomic mass is 9.92. The van der Waals surface area contributed by atoms with Crippen LogP contribution in [0.4, 0.5) is 22.4 Å². The van der Waals surface area contributed by atoms with Crippen molar-refractivity contribution < 1.29 is 45.0 Å². The fraction of sp³-hybridized carbons (Fsp3) is 0.513. The summed E-state index contributed by atoms with van der Waals surface area (Å²) in [5.74, 6) is -2.18. The van der Waals surface area contributed by atoms with E-state index in [2.05, 4.69) is 31.3 Å². The zero-order valence-electron chi connectivity index (χ0n) is 32.1. The van der Waals surface area contributed by atoms with Gasteiger partial charge >= 0.3 is 6.09 Å². The fourth-order valence-corrected chi connectivity index (χ4v) is 8.52. The summed E-state index contributed by atoms with van der Waals surface area (Å²) in [6, 6.07) is 5.51. The molecule has 18 heteroatoms. The van der Waals surface area contributed by atoms with E-state index in [1.807, 2.05) is 0 Å². The summed E-state index contributed by atoms with van der Waals surface area (Å²) in [5, 5.41) is 6.93. The number of alkyl carbamates (subject to hydrolysis) is 1. The molecule has 1 amide bonds. The van der Waals surface area contributed by atoms with Gasteiger partial charge in [0.05, 0.1) is 43.5 Å². The SMILES string of the molecule is CC(C)(C)OC(=O)N[C@H]1C[C@@H](N2Cc3cn(S(C)(=O)=O)nc3C2)CO[C@@H]1c1cc(F)ccc1F.N[C@H]1C[C@@H](N2CC3=CCN=C3C2)CO[C@@H]1c1cc(F)ccc1F. The molecule has 1 aromatic heterocycles. The van der Waals surface area contributed by atoms with Gasteiger partial charge in [-0.05, 0) is 75.6 Å². The molecule has 8 rings (SSSR count). The van der Waals surface area contributed by atoms with E-state index in [1.54, 1.807) is 20.8 Å². The molecule has 3 fully saturated rings. The van der Waals surface area contributed by atoms with Crippen LogP contribution in [-0.2, 0) is 37.3 Å². The zero-order valence-corrected chi connectivity index (χ0v) is 32.9. The predicted octanol–water partition coefficient (Wildman–Crippen LogP) is 4.53. The van der Waals surface area contributed by atoms with Crippen LogP contribution >= 0.6 is 0 Å². The van der Waals surface area contributed by atoms with Crippen molar-refractivity contribution in [2.24, 2.45) is 10.7 Å². The van der Waals surface area contributed by atoms with E-state index in [4.69, 9.17) is 19.9 Å². The van der Waals surface area contributed by atoms with Crippen LogP contribution in [0, 0.1) is 23.3 Å². The van der Waals surface area contributed by atoms with Gasteiger partial charge in [0.2, 0.25) is 0 Å². The Morgan fingerprint density at radius 1 is 0.895 bits per heavy atom. The topological polar surface area (TPSA) is 154 Å². The van der Waals surface area contributed by atoms with Crippen LogP contribution in [0.1, 0.15) is 68.2 Å². The van der Waals surface area contributed by atoms with Crippen LogP contribution in [0.5, 0.6) is 0 Å². The lowest BCUT2D eigenvalue weighted by Crippen LogP contribution is -2.52. The molecular formula is C39H47F4N7O6S. The summed E-state index contributed by atoms with van der Waals surface area (Å²) in [4.78, 5) is 21.3. The minimum Gasteiger partial charge on any atom is -0.444 e. The molecule has 0 bridgehead atoms. The maximum absolute atomic E-state index is 14.5. The number of aliphatic imine (C=N–C) groups is 1. The highest BCUT2D eigenvalue weighted by atomic mass is 32.2. The highest BCUT2D eigenvalue weighted by molar-refractivity contribution is 7.89. The molecule has 13 nitrogen and oxygen atoms in total. The van der Waals surface area contributed by atoms with E-state index < -0.39 is 63.2 Å². The van der Waals surface area contributed by atoms with Gasteiger partial charge in [0, 0.05) is 67.2 Å². The molecule has 0 radical (unpaired) electrons. The molecule has 3 saturated heterocycles. The maximum atomic E-state index is 14.5. The van der Waals surface area contributed by atoms with Crippen LogP contribution in [0.2, 0.25) is 0 Å². The second-order valence-electron chi connectivity index (χ2n) is 16.1. The molecule has 0 saturated carbocycles. The number of likely N-dealkylation sites (tertiary alicyclic amines) is 1. The number of benzene rings is 2. The third-order valence-electron chi connectivity index (χ3n) is 10.7. The molecule has 3 aromatic rings. The smallest absolute Gasteiger partial charge is 0.407 e. The lowest BCUT2D eigenvalue weighted by Gasteiger charge is -2.40. The van der Waals surface area contributed by atoms with Gasteiger partial charge in [-0.25, -0.2) is 30.8 Å². The van der Waals surface area contributed by atoms with Crippen molar-refractivity contribution in [3.63, 3.8) is 0 Å². The van der Waals surface area contributed by atoms with Gasteiger partial charge in [0.1, 0.15) is 41.1 Å². The number of hydrogen-bond acceptors (Lipinski definition) is 11. The number of nitrogens with two attached hydrogens (primary N) is 1.